The fraction of sp³-hybridized carbons (Fsp3) is 0.533. The van der Waals surface area contributed by atoms with E-state index in [0.717, 1.165) is 16.9 Å². The van der Waals surface area contributed by atoms with E-state index in [4.69, 9.17) is 0 Å². The van der Waals surface area contributed by atoms with Crippen molar-refractivity contribution < 1.29 is 9.90 Å². The summed E-state index contributed by atoms with van der Waals surface area (Å²) >= 11 is 1.62. The molecular formula is C15H22O2S. The number of aromatic hydroxyl groups is 1. The maximum absolute atomic E-state index is 10.9. The number of hydrogen-bond donors (Lipinski definition) is 1. The summed E-state index contributed by atoms with van der Waals surface area (Å²) in [4.78, 5) is 10.9. The third-order valence-electron chi connectivity index (χ3n) is 2.74. The Bertz CT molecular complexity index is 445. The number of ketones is 1. The molecule has 0 aromatic heterocycles. The maximum Gasteiger partial charge on any atom is 0.139 e. The molecule has 0 aliphatic rings. The van der Waals surface area contributed by atoms with Gasteiger partial charge in [0.15, 0.2) is 0 Å². The monoisotopic (exact) mass is 266 g/mol. The van der Waals surface area contributed by atoms with Crippen molar-refractivity contribution in [2.45, 2.75) is 45.8 Å². The van der Waals surface area contributed by atoms with Gasteiger partial charge in [-0.05, 0) is 36.0 Å². The zero-order valence-electron chi connectivity index (χ0n) is 11.8. The molecule has 0 heterocycles. The van der Waals surface area contributed by atoms with Crippen LogP contribution in [0.1, 0.15) is 44.4 Å². The average molecular weight is 266 g/mol. The second-order valence-electron chi connectivity index (χ2n) is 5.75. The van der Waals surface area contributed by atoms with Gasteiger partial charge in [0.05, 0.1) is 5.75 Å². The van der Waals surface area contributed by atoms with Crippen molar-refractivity contribution in [2.75, 3.05) is 5.75 Å². The quantitative estimate of drug-likeness (QED) is 0.900. The number of Topliss-reactive ketones (excluding diaryl/α,β-unsaturated/α-hetero) is 1. The molecule has 3 heteroatoms. The number of hydrogen-bond acceptors (Lipinski definition) is 3. The highest BCUT2D eigenvalue weighted by molar-refractivity contribution is 7.99. The van der Waals surface area contributed by atoms with E-state index in [-0.39, 0.29) is 11.2 Å². The van der Waals surface area contributed by atoms with Crippen LogP contribution in [0.4, 0.5) is 0 Å². The molecule has 2 nitrogen and oxygen atoms in total. The van der Waals surface area contributed by atoms with Crippen molar-refractivity contribution in [3.63, 3.8) is 0 Å². The van der Waals surface area contributed by atoms with Crippen molar-refractivity contribution in [1.82, 2.24) is 0 Å². The standard InChI is InChI=1S/C15H22O2S/c1-10-6-12(9-18-8-11(2)16)7-13(14(10)17)15(3,4)5/h6-7,17H,8-9H2,1-5H3. The second kappa shape index (κ2) is 5.79. The van der Waals surface area contributed by atoms with Crippen molar-refractivity contribution in [2.24, 2.45) is 0 Å². The fourth-order valence-corrected chi connectivity index (χ4v) is 2.61. The van der Waals surface area contributed by atoms with E-state index in [9.17, 15) is 9.90 Å². The van der Waals surface area contributed by atoms with Crippen molar-refractivity contribution in [3.8, 4) is 5.75 Å². The van der Waals surface area contributed by atoms with Gasteiger partial charge in [0.2, 0.25) is 0 Å². The number of phenolic OH excluding ortho intramolecular Hbond substituents is 1. The molecule has 1 rings (SSSR count). The van der Waals surface area contributed by atoms with Crippen LogP contribution in [0.5, 0.6) is 5.75 Å². The van der Waals surface area contributed by atoms with Crippen LogP contribution in [0.25, 0.3) is 0 Å². The molecule has 0 atom stereocenters. The molecule has 0 amide bonds. The Balaban J connectivity index is 2.95. The molecular weight excluding hydrogens is 244 g/mol. The summed E-state index contributed by atoms with van der Waals surface area (Å²) in [6, 6.07) is 4.05. The third-order valence-corrected chi connectivity index (χ3v) is 3.89. The number of phenols is 1. The minimum Gasteiger partial charge on any atom is -0.507 e. The van der Waals surface area contributed by atoms with Crippen LogP contribution in [0.3, 0.4) is 0 Å². The number of thioether (sulfide) groups is 1. The molecule has 0 saturated heterocycles. The van der Waals surface area contributed by atoms with Crippen molar-refractivity contribution in [1.29, 1.82) is 0 Å². The first-order valence-electron chi connectivity index (χ1n) is 6.12. The highest BCUT2D eigenvalue weighted by atomic mass is 32.2. The summed E-state index contributed by atoms with van der Waals surface area (Å²) in [5, 5.41) is 10.1. The lowest BCUT2D eigenvalue weighted by molar-refractivity contribution is -0.114. The number of benzene rings is 1. The number of carbonyl (C=O) groups excluding carboxylic acids is 1. The van der Waals surface area contributed by atoms with E-state index in [1.165, 1.54) is 5.56 Å². The summed E-state index contributed by atoms with van der Waals surface area (Å²) in [7, 11) is 0. The van der Waals surface area contributed by atoms with Crippen LogP contribution >= 0.6 is 11.8 Å². The normalized spacial score (nSPS) is 11.6. The molecule has 1 N–H and O–H groups in total. The van der Waals surface area contributed by atoms with E-state index in [2.05, 4.69) is 26.8 Å². The molecule has 0 unspecified atom stereocenters. The molecule has 1 aromatic carbocycles. The van der Waals surface area contributed by atoms with Crippen LogP contribution in [-0.4, -0.2) is 16.6 Å². The lowest BCUT2D eigenvalue weighted by Gasteiger charge is -2.22. The van der Waals surface area contributed by atoms with E-state index in [0.29, 0.717) is 11.5 Å². The summed E-state index contributed by atoms with van der Waals surface area (Å²) in [5.74, 6) is 1.95. The Labute approximate surface area is 114 Å². The first-order chi connectivity index (χ1) is 8.21. The first kappa shape index (κ1) is 15.1. The van der Waals surface area contributed by atoms with Crippen LogP contribution in [0.15, 0.2) is 12.1 Å². The second-order valence-corrected chi connectivity index (χ2v) is 6.74. The Morgan fingerprint density at radius 1 is 1.33 bits per heavy atom. The zero-order valence-corrected chi connectivity index (χ0v) is 12.6. The van der Waals surface area contributed by atoms with E-state index >= 15 is 0 Å². The number of carbonyl (C=O) groups is 1. The Kier molecular flexibility index (Phi) is 4.85. The Hall–Kier alpha value is -0.960. The molecule has 0 spiro atoms. The van der Waals surface area contributed by atoms with Crippen molar-refractivity contribution >= 4 is 17.5 Å². The topological polar surface area (TPSA) is 37.3 Å². The molecule has 18 heavy (non-hydrogen) atoms. The first-order valence-corrected chi connectivity index (χ1v) is 7.27. The van der Waals surface area contributed by atoms with E-state index in [1.807, 2.05) is 13.0 Å². The smallest absolute Gasteiger partial charge is 0.139 e. The van der Waals surface area contributed by atoms with Gasteiger partial charge >= 0.3 is 0 Å². The number of aryl methyl sites for hydroxylation is 1. The summed E-state index contributed by atoms with van der Waals surface area (Å²) in [6.07, 6.45) is 0. The predicted molar refractivity (Wildman–Crippen MR) is 78.4 cm³/mol. The molecule has 0 radical (unpaired) electrons. The minimum absolute atomic E-state index is 0.0733. The Morgan fingerprint density at radius 3 is 2.44 bits per heavy atom. The minimum atomic E-state index is -0.0733. The SMILES string of the molecule is CC(=O)CSCc1cc(C)c(O)c(C(C)(C)C)c1. The maximum atomic E-state index is 10.9. The molecule has 0 aliphatic heterocycles. The zero-order chi connectivity index (χ0) is 13.9. The van der Waals surface area contributed by atoms with E-state index in [1.54, 1.807) is 18.7 Å². The van der Waals surface area contributed by atoms with Crippen LogP contribution < -0.4 is 0 Å². The largest absolute Gasteiger partial charge is 0.507 e. The van der Waals surface area contributed by atoms with Crippen LogP contribution in [0.2, 0.25) is 0 Å². The van der Waals surface area contributed by atoms with Gasteiger partial charge in [-0.2, -0.15) is 0 Å². The Morgan fingerprint density at radius 2 is 1.94 bits per heavy atom. The molecule has 1 aromatic rings. The summed E-state index contributed by atoms with van der Waals surface area (Å²) in [6.45, 7) is 9.80. The summed E-state index contributed by atoms with van der Waals surface area (Å²) < 4.78 is 0. The highest BCUT2D eigenvalue weighted by Gasteiger charge is 2.20. The van der Waals surface area contributed by atoms with Gasteiger partial charge in [-0.1, -0.05) is 32.9 Å². The van der Waals surface area contributed by atoms with Gasteiger partial charge in [-0.25, -0.2) is 0 Å². The fourth-order valence-electron chi connectivity index (χ4n) is 1.82. The van der Waals surface area contributed by atoms with Gasteiger partial charge in [0.1, 0.15) is 11.5 Å². The van der Waals surface area contributed by atoms with Crippen LogP contribution in [0, 0.1) is 6.92 Å². The number of rotatable bonds is 4. The van der Waals surface area contributed by atoms with Crippen LogP contribution in [-0.2, 0) is 16.0 Å². The lowest BCUT2D eigenvalue weighted by atomic mass is 9.84. The third kappa shape index (κ3) is 4.05. The van der Waals surface area contributed by atoms with Gasteiger partial charge in [0, 0.05) is 5.75 Å². The average Bonchev–Trinajstić information content (AvgIpc) is 2.20. The molecule has 100 valence electrons. The van der Waals surface area contributed by atoms with Gasteiger partial charge in [0.25, 0.3) is 0 Å². The highest BCUT2D eigenvalue weighted by Crippen LogP contribution is 2.34. The van der Waals surface area contributed by atoms with Gasteiger partial charge < -0.3 is 5.11 Å². The van der Waals surface area contributed by atoms with Crippen molar-refractivity contribution in [3.05, 3.63) is 28.8 Å². The predicted octanol–water partition coefficient (Wildman–Crippen LogP) is 3.82. The molecule has 0 saturated carbocycles. The van der Waals surface area contributed by atoms with Gasteiger partial charge in [-0.3, -0.25) is 4.79 Å². The lowest BCUT2D eigenvalue weighted by Crippen LogP contribution is -2.12. The molecule has 0 fully saturated rings. The van der Waals surface area contributed by atoms with E-state index < -0.39 is 0 Å². The van der Waals surface area contributed by atoms with Gasteiger partial charge in [-0.15, -0.1) is 11.8 Å². The molecule has 0 bridgehead atoms. The summed E-state index contributed by atoms with van der Waals surface area (Å²) in [5.41, 5.74) is 2.97. The molecule has 0 aliphatic carbocycles.